The van der Waals surface area contributed by atoms with Gasteiger partial charge < -0.3 is 15.1 Å². The van der Waals surface area contributed by atoms with Gasteiger partial charge in [-0.25, -0.2) is 0 Å². The van der Waals surface area contributed by atoms with E-state index in [9.17, 15) is 18.0 Å². The third-order valence-corrected chi connectivity index (χ3v) is 7.09. The van der Waals surface area contributed by atoms with E-state index in [1.54, 1.807) is 6.07 Å². The van der Waals surface area contributed by atoms with Crippen LogP contribution < -0.4 is 10.2 Å². The number of amides is 1. The standard InChI is InChI=1S/C25H30ClF3N4O.CH4/c26-19-2-4-22(5-3-19)32-13-8-18(9-14-32)1-6-24(34)33-15-10-20(11-16-33)31-21-7-12-30-23(17-21)25(27,28)29;/h2-5,7,12,17-18,20H,1,6,8-11,13-16H2,(H,30,31);1H4. The van der Waals surface area contributed by atoms with Gasteiger partial charge in [0.2, 0.25) is 5.91 Å². The van der Waals surface area contributed by atoms with Crippen LogP contribution in [0.25, 0.3) is 0 Å². The van der Waals surface area contributed by atoms with Gasteiger partial charge in [0, 0.05) is 61.2 Å². The van der Waals surface area contributed by atoms with Crippen LogP contribution in [0.5, 0.6) is 0 Å². The Balaban J connectivity index is 0.00000342. The van der Waals surface area contributed by atoms with Crippen molar-refractivity contribution in [3.63, 3.8) is 0 Å². The second-order valence-corrected chi connectivity index (χ2v) is 9.61. The number of likely N-dealkylation sites (tertiary alicyclic amines) is 1. The van der Waals surface area contributed by atoms with Gasteiger partial charge in [-0.05, 0) is 74.4 Å². The summed E-state index contributed by atoms with van der Waals surface area (Å²) in [6, 6.07) is 10.6. The highest BCUT2D eigenvalue weighted by Crippen LogP contribution is 2.30. The lowest BCUT2D eigenvalue weighted by atomic mass is 9.91. The first-order chi connectivity index (χ1) is 16.3. The molecule has 0 atom stereocenters. The molecular formula is C26H34ClF3N4O. The van der Waals surface area contributed by atoms with Crippen molar-refractivity contribution in [2.75, 3.05) is 36.4 Å². The molecule has 1 aromatic heterocycles. The second kappa shape index (κ2) is 12.0. The number of pyridine rings is 1. The van der Waals surface area contributed by atoms with Crippen LogP contribution in [0.15, 0.2) is 42.6 Å². The molecule has 192 valence electrons. The van der Waals surface area contributed by atoms with E-state index in [0.717, 1.165) is 56.3 Å². The summed E-state index contributed by atoms with van der Waals surface area (Å²) in [4.78, 5) is 20.4. The maximum atomic E-state index is 12.9. The van der Waals surface area contributed by atoms with Crippen molar-refractivity contribution in [2.45, 2.75) is 58.2 Å². The number of benzene rings is 1. The zero-order chi connectivity index (χ0) is 24.1. The molecule has 4 rings (SSSR count). The number of hydrogen-bond donors (Lipinski definition) is 1. The number of carbonyl (C=O) groups excluding carboxylic acids is 1. The van der Waals surface area contributed by atoms with Crippen LogP contribution in [0.1, 0.15) is 51.6 Å². The van der Waals surface area contributed by atoms with Crippen LogP contribution in [-0.4, -0.2) is 48.0 Å². The van der Waals surface area contributed by atoms with Crippen LogP contribution in [-0.2, 0) is 11.0 Å². The quantitative estimate of drug-likeness (QED) is 0.482. The Labute approximate surface area is 210 Å². The molecule has 2 saturated heterocycles. The van der Waals surface area contributed by atoms with Crippen LogP contribution >= 0.6 is 11.6 Å². The molecule has 1 aromatic carbocycles. The van der Waals surface area contributed by atoms with E-state index >= 15 is 0 Å². The van der Waals surface area contributed by atoms with E-state index in [1.165, 1.54) is 11.9 Å². The number of alkyl halides is 3. The molecule has 0 unspecified atom stereocenters. The minimum Gasteiger partial charge on any atom is -0.382 e. The summed E-state index contributed by atoms with van der Waals surface area (Å²) in [7, 11) is 0. The molecule has 35 heavy (non-hydrogen) atoms. The largest absolute Gasteiger partial charge is 0.433 e. The first-order valence-corrected chi connectivity index (χ1v) is 12.2. The highest BCUT2D eigenvalue weighted by Gasteiger charge is 2.33. The zero-order valence-electron chi connectivity index (χ0n) is 19.0. The summed E-state index contributed by atoms with van der Waals surface area (Å²) in [6.45, 7) is 3.23. The third kappa shape index (κ3) is 7.50. The first kappa shape index (κ1) is 27.1. The monoisotopic (exact) mass is 510 g/mol. The van der Waals surface area contributed by atoms with Crippen molar-refractivity contribution in [2.24, 2.45) is 5.92 Å². The minimum atomic E-state index is -4.46. The lowest BCUT2D eigenvalue weighted by molar-refractivity contribution is -0.141. The fourth-order valence-electron chi connectivity index (χ4n) is 4.80. The number of nitrogens with zero attached hydrogens (tertiary/aromatic N) is 3. The van der Waals surface area contributed by atoms with E-state index in [-0.39, 0.29) is 19.4 Å². The molecule has 0 radical (unpaired) electrons. The Morgan fingerprint density at radius 2 is 1.69 bits per heavy atom. The number of aromatic nitrogens is 1. The normalized spacial score (nSPS) is 17.7. The van der Waals surface area contributed by atoms with Gasteiger partial charge in [-0.3, -0.25) is 9.78 Å². The lowest BCUT2D eigenvalue weighted by Crippen LogP contribution is -2.42. The highest BCUT2D eigenvalue weighted by atomic mass is 35.5. The topological polar surface area (TPSA) is 48.5 Å². The molecule has 2 fully saturated rings. The summed E-state index contributed by atoms with van der Waals surface area (Å²) in [5.41, 5.74) is 0.706. The molecule has 0 spiro atoms. The summed E-state index contributed by atoms with van der Waals surface area (Å²) in [6.07, 6.45) is 1.76. The van der Waals surface area contributed by atoms with Crippen molar-refractivity contribution < 1.29 is 18.0 Å². The molecule has 2 aromatic rings. The van der Waals surface area contributed by atoms with Gasteiger partial charge in [0.15, 0.2) is 0 Å². The van der Waals surface area contributed by atoms with Crippen LogP contribution in [0.3, 0.4) is 0 Å². The van der Waals surface area contributed by atoms with E-state index in [0.29, 0.717) is 31.1 Å². The van der Waals surface area contributed by atoms with E-state index in [2.05, 4.69) is 27.3 Å². The van der Waals surface area contributed by atoms with Gasteiger partial charge in [0.1, 0.15) is 5.69 Å². The molecule has 3 heterocycles. The van der Waals surface area contributed by atoms with Gasteiger partial charge >= 0.3 is 6.18 Å². The first-order valence-electron chi connectivity index (χ1n) is 11.9. The predicted molar refractivity (Wildman–Crippen MR) is 135 cm³/mol. The van der Waals surface area contributed by atoms with Crippen LogP contribution in [0, 0.1) is 5.92 Å². The molecule has 0 saturated carbocycles. The van der Waals surface area contributed by atoms with Crippen molar-refractivity contribution in [1.29, 1.82) is 0 Å². The summed E-state index contributed by atoms with van der Waals surface area (Å²) >= 11 is 5.98. The molecule has 1 N–H and O–H groups in total. The minimum absolute atomic E-state index is 0. The molecule has 0 bridgehead atoms. The number of halogens is 4. The van der Waals surface area contributed by atoms with Gasteiger partial charge in [-0.15, -0.1) is 0 Å². The Bertz CT molecular complexity index is 954. The predicted octanol–water partition coefficient (Wildman–Crippen LogP) is 6.49. The molecular weight excluding hydrogens is 477 g/mol. The van der Waals surface area contributed by atoms with Gasteiger partial charge in [-0.1, -0.05) is 19.0 Å². The summed E-state index contributed by atoms with van der Waals surface area (Å²) in [5, 5.41) is 3.91. The van der Waals surface area contributed by atoms with Crippen molar-refractivity contribution in [1.82, 2.24) is 9.88 Å². The molecule has 0 aliphatic carbocycles. The van der Waals surface area contributed by atoms with Crippen LogP contribution in [0.4, 0.5) is 24.5 Å². The fourth-order valence-corrected chi connectivity index (χ4v) is 4.93. The second-order valence-electron chi connectivity index (χ2n) is 9.17. The molecule has 5 nitrogen and oxygen atoms in total. The smallest absolute Gasteiger partial charge is 0.382 e. The number of nitrogens with one attached hydrogen (secondary N) is 1. The van der Waals surface area contributed by atoms with Gasteiger partial charge in [0.05, 0.1) is 0 Å². The SMILES string of the molecule is C.O=C(CCC1CCN(c2ccc(Cl)cc2)CC1)N1CCC(Nc2ccnc(C(F)(F)F)c2)CC1. The Morgan fingerprint density at radius 3 is 2.31 bits per heavy atom. The third-order valence-electron chi connectivity index (χ3n) is 6.84. The number of piperidine rings is 2. The summed E-state index contributed by atoms with van der Waals surface area (Å²) in [5.74, 6) is 0.739. The van der Waals surface area contributed by atoms with Crippen molar-refractivity contribution in [3.8, 4) is 0 Å². The van der Waals surface area contributed by atoms with E-state index < -0.39 is 11.9 Å². The van der Waals surface area contributed by atoms with E-state index in [4.69, 9.17) is 11.6 Å². The molecule has 2 aliphatic rings. The van der Waals surface area contributed by atoms with E-state index in [1.807, 2.05) is 17.0 Å². The maximum Gasteiger partial charge on any atom is 0.433 e. The average molecular weight is 511 g/mol. The highest BCUT2D eigenvalue weighted by molar-refractivity contribution is 6.30. The Morgan fingerprint density at radius 1 is 1.03 bits per heavy atom. The Kier molecular flexibility index (Phi) is 9.27. The lowest BCUT2D eigenvalue weighted by Gasteiger charge is -2.35. The zero-order valence-corrected chi connectivity index (χ0v) is 19.8. The van der Waals surface area contributed by atoms with Crippen LogP contribution in [0.2, 0.25) is 5.02 Å². The van der Waals surface area contributed by atoms with Crippen molar-refractivity contribution >= 4 is 28.9 Å². The van der Waals surface area contributed by atoms with Gasteiger partial charge in [-0.2, -0.15) is 13.2 Å². The molecule has 9 heteroatoms. The number of rotatable bonds is 6. The maximum absolute atomic E-state index is 12.9. The molecule has 2 aliphatic heterocycles. The fraction of sp³-hybridized carbons (Fsp3) is 0.538. The van der Waals surface area contributed by atoms with Crippen molar-refractivity contribution in [3.05, 3.63) is 53.3 Å². The number of anilines is 2. The molecule has 1 amide bonds. The Hall–Kier alpha value is -2.48. The number of hydrogen-bond acceptors (Lipinski definition) is 4. The number of carbonyl (C=O) groups is 1. The van der Waals surface area contributed by atoms with Gasteiger partial charge in [0.25, 0.3) is 0 Å². The average Bonchev–Trinajstić information content (AvgIpc) is 2.83. The summed E-state index contributed by atoms with van der Waals surface area (Å²) < 4.78 is 38.6.